The van der Waals surface area contributed by atoms with Gasteiger partial charge in [0.1, 0.15) is 5.88 Å². The van der Waals surface area contributed by atoms with Gasteiger partial charge in [-0.1, -0.05) is 188 Å². The summed E-state index contributed by atoms with van der Waals surface area (Å²) in [5.41, 5.74) is 11.5. The van der Waals surface area contributed by atoms with Crippen molar-refractivity contribution in [3.63, 3.8) is 0 Å². The number of aliphatic imine (C=N–C) groups is 1. The number of aryl methyl sites for hydroxylation is 1. The second-order valence-corrected chi connectivity index (χ2v) is 21.2. The average Bonchev–Trinajstić information content (AvgIpc) is 3.36. The van der Waals surface area contributed by atoms with Gasteiger partial charge in [0.15, 0.2) is 9.84 Å². The Morgan fingerprint density at radius 1 is 0.552 bits per heavy atom. The van der Waals surface area contributed by atoms with Crippen molar-refractivity contribution in [1.82, 2.24) is 0 Å². The Balaban J connectivity index is 0.000000134. The molecule has 9 heteroatoms. The Morgan fingerprint density at radius 2 is 1.04 bits per heavy atom. The molecular formula is C58H50BNO4S3. The van der Waals surface area contributed by atoms with Crippen LogP contribution in [0.4, 0.5) is 0 Å². The molecule has 0 saturated carbocycles. The predicted octanol–water partition coefficient (Wildman–Crippen LogP) is 12.9. The molecule has 1 atom stereocenters. The Labute approximate surface area is 402 Å². The SMILES string of the molecule is CC(=NCS(=O)(=O)c1ccc(C)cc1)c1ccc2c(c1)Cc1ccccc1S2.CC(c1ccc2c(c1)Cc1ccccc1S2)c1ccc2ccccc2c1.OB(O)c1ccc2ccccc2c1. The minimum atomic E-state index is -3.43. The zero-order valence-corrected chi connectivity index (χ0v) is 40.1. The topological polar surface area (TPSA) is 87.0 Å². The number of hydrogen-bond acceptors (Lipinski definition) is 7. The highest BCUT2D eigenvalue weighted by Crippen LogP contribution is 2.42. The molecule has 0 amide bonds. The lowest BCUT2D eigenvalue weighted by Crippen LogP contribution is -2.29. The second kappa shape index (κ2) is 20.4. The van der Waals surface area contributed by atoms with E-state index in [1.807, 2.05) is 74.1 Å². The molecule has 0 radical (unpaired) electrons. The van der Waals surface area contributed by atoms with Gasteiger partial charge < -0.3 is 10.0 Å². The number of benzene rings is 9. The summed E-state index contributed by atoms with van der Waals surface area (Å²) in [5, 5.41) is 22.6. The number of nitrogens with zero attached hydrogens (tertiary/aromatic N) is 1. The Hall–Kier alpha value is -6.20. The van der Waals surface area contributed by atoms with Crippen LogP contribution in [-0.4, -0.2) is 37.2 Å². The van der Waals surface area contributed by atoms with E-state index in [4.69, 9.17) is 10.0 Å². The number of sulfone groups is 1. The van der Waals surface area contributed by atoms with E-state index in [1.54, 1.807) is 36.0 Å². The first-order valence-electron chi connectivity index (χ1n) is 22.4. The smallest absolute Gasteiger partial charge is 0.423 e. The fourth-order valence-corrected chi connectivity index (χ4v) is 11.6. The second-order valence-electron chi connectivity index (χ2n) is 17.1. The summed E-state index contributed by atoms with van der Waals surface area (Å²) >= 11 is 3.68. The van der Waals surface area contributed by atoms with E-state index in [9.17, 15) is 8.42 Å². The molecule has 0 bridgehead atoms. The molecule has 2 aliphatic rings. The maximum atomic E-state index is 12.5. The van der Waals surface area contributed by atoms with Crippen LogP contribution in [0.25, 0.3) is 21.5 Å². The average molecular weight is 932 g/mol. The van der Waals surface area contributed by atoms with E-state index >= 15 is 0 Å². The molecule has 0 aromatic heterocycles. The Kier molecular flexibility index (Phi) is 14.0. The van der Waals surface area contributed by atoms with E-state index in [0.29, 0.717) is 16.3 Å². The first-order chi connectivity index (χ1) is 32.5. The first-order valence-corrected chi connectivity index (χ1v) is 25.7. The largest absolute Gasteiger partial charge is 0.488 e. The van der Waals surface area contributed by atoms with Gasteiger partial charge in [-0.05, 0) is 135 Å². The van der Waals surface area contributed by atoms with Gasteiger partial charge in [-0.2, -0.15) is 0 Å². The molecule has 0 spiro atoms. The van der Waals surface area contributed by atoms with Gasteiger partial charge >= 0.3 is 7.12 Å². The van der Waals surface area contributed by atoms with Crippen molar-refractivity contribution in [2.24, 2.45) is 4.99 Å². The molecule has 11 rings (SSSR count). The zero-order chi connectivity index (χ0) is 46.5. The van der Waals surface area contributed by atoms with Crippen LogP contribution >= 0.6 is 23.5 Å². The minimum Gasteiger partial charge on any atom is -0.423 e. The van der Waals surface area contributed by atoms with E-state index in [-0.39, 0.29) is 5.88 Å². The van der Waals surface area contributed by atoms with Gasteiger partial charge in [0.05, 0.1) is 4.90 Å². The summed E-state index contributed by atoms with van der Waals surface area (Å²) in [6.07, 6.45) is 1.93. The molecule has 0 fully saturated rings. The maximum Gasteiger partial charge on any atom is 0.488 e. The van der Waals surface area contributed by atoms with Gasteiger partial charge in [-0.3, -0.25) is 4.99 Å². The number of rotatable bonds is 7. The molecule has 9 aromatic carbocycles. The normalized spacial score (nSPS) is 13.1. The third kappa shape index (κ3) is 10.8. The van der Waals surface area contributed by atoms with Gasteiger partial charge in [0.25, 0.3) is 0 Å². The quantitative estimate of drug-likeness (QED) is 0.122. The summed E-state index contributed by atoms with van der Waals surface area (Å²) in [7, 11) is -4.81. The number of fused-ring (bicyclic) bond motifs is 6. The standard InChI is InChI=1S/C25H20S.C23H21NO2S2.C10H9BO2/c1-17(19-11-10-18-6-2-3-7-21(18)14-19)20-12-13-25-23(15-20)16-22-8-4-5-9-24(22)26-25;1-16-7-10-21(11-8-16)28(25,26)15-24-17(2)18-9-12-23-20(13-18)14-19-5-3-4-6-22(19)27-23;12-11(13)10-6-5-8-3-1-2-4-9(8)7-10/h2-15,17H,16H2,1H3;3-13H,14-15H2,1-2H3;1-7,12-13H. The first kappa shape index (κ1) is 45.9. The zero-order valence-electron chi connectivity index (χ0n) is 37.6. The van der Waals surface area contributed by atoms with Crippen molar-refractivity contribution < 1.29 is 18.5 Å². The maximum absolute atomic E-state index is 12.5. The highest BCUT2D eigenvalue weighted by Gasteiger charge is 2.20. The van der Waals surface area contributed by atoms with Gasteiger partial charge in [0, 0.05) is 31.2 Å². The summed E-state index contributed by atoms with van der Waals surface area (Å²) in [5.74, 6) is 0.156. The summed E-state index contributed by atoms with van der Waals surface area (Å²) in [4.78, 5) is 10.0. The van der Waals surface area contributed by atoms with Gasteiger partial charge in [-0.25, -0.2) is 8.42 Å². The van der Waals surface area contributed by atoms with E-state index < -0.39 is 17.0 Å². The molecule has 2 N–H and O–H groups in total. The summed E-state index contributed by atoms with van der Waals surface area (Å²) < 4.78 is 25.1. The molecule has 9 aromatic rings. The van der Waals surface area contributed by atoms with Crippen LogP contribution in [-0.2, 0) is 22.7 Å². The van der Waals surface area contributed by atoms with E-state index in [2.05, 4.69) is 133 Å². The molecular weight excluding hydrogens is 882 g/mol. The third-order valence-electron chi connectivity index (χ3n) is 12.4. The Morgan fingerprint density at radius 3 is 1.67 bits per heavy atom. The van der Waals surface area contributed by atoms with Crippen molar-refractivity contribution in [3.8, 4) is 0 Å². The minimum absolute atomic E-state index is 0.240. The van der Waals surface area contributed by atoms with Crippen LogP contribution in [0.1, 0.15) is 64.3 Å². The van der Waals surface area contributed by atoms with Crippen molar-refractivity contribution in [2.45, 2.75) is 64.0 Å². The molecule has 0 aliphatic carbocycles. The van der Waals surface area contributed by atoms with Crippen LogP contribution in [0.15, 0.2) is 224 Å². The molecule has 2 heterocycles. The predicted molar refractivity (Wildman–Crippen MR) is 280 cm³/mol. The fraction of sp³-hybridized carbons (Fsp3) is 0.121. The summed E-state index contributed by atoms with van der Waals surface area (Å²) in [6, 6.07) is 66.0. The monoisotopic (exact) mass is 931 g/mol. The van der Waals surface area contributed by atoms with Crippen molar-refractivity contribution >= 4 is 73.2 Å². The fourth-order valence-electron chi connectivity index (χ4n) is 8.43. The van der Waals surface area contributed by atoms with Crippen molar-refractivity contribution in [3.05, 3.63) is 239 Å². The third-order valence-corrected chi connectivity index (χ3v) is 16.3. The van der Waals surface area contributed by atoms with Gasteiger partial charge in [0.2, 0.25) is 0 Å². The lowest BCUT2D eigenvalue weighted by Gasteiger charge is -2.21. The van der Waals surface area contributed by atoms with Crippen LogP contribution < -0.4 is 5.46 Å². The Bertz CT molecular complexity index is 3390. The molecule has 332 valence electrons. The van der Waals surface area contributed by atoms with E-state index in [0.717, 1.165) is 40.5 Å². The van der Waals surface area contributed by atoms with Crippen molar-refractivity contribution in [2.75, 3.05) is 5.88 Å². The molecule has 0 saturated heterocycles. The highest BCUT2D eigenvalue weighted by atomic mass is 32.2. The lowest BCUT2D eigenvalue weighted by atomic mass is 9.79. The van der Waals surface area contributed by atoms with Crippen LogP contribution in [0.5, 0.6) is 0 Å². The van der Waals surface area contributed by atoms with Crippen LogP contribution in [0.3, 0.4) is 0 Å². The van der Waals surface area contributed by atoms with Crippen molar-refractivity contribution in [1.29, 1.82) is 0 Å². The number of hydrogen-bond donors (Lipinski definition) is 2. The van der Waals surface area contributed by atoms with Gasteiger partial charge in [-0.15, -0.1) is 0 Å². The van der Waals surface area contributed by atoms with E-state index in [1.165, 1.54) is 63.7 Å². The lowest BCUT2D eigenvalue weighted by molar-refractivity contribution is 0.426. The van der Waals surface area contributed by atoms with Crippen LogP contribution in [0, 0.1) is 6.92 Å². The molecule has 2 aliphatic heterocycles. The molecule has 1 unspecified atom stereocenters. The van der Waals surface area contributed by atoms with Crippen LogP contribution in [0.2, 0.25) is 0 Å². The summed E-state index contributed by atoms with van der Waals surface area (Å²) in [6.45, 7) is 6.12. The molecule has 5 nitrogen and oxygen atoms in total. The highest BCUT2D eigenvalue weighted by molar-refractivity contribution is 7.99. The molecule has 67 heavy (non-hydrogen) atoms.